The van der Waals surface area contributed by atoms with E-state index in [0.29, 0.717) is 5.92 Å². The molecule has 0 bridgehead atoms. The molecule has 3 rings (SSSR count). The Labute approximate surface area is 155 Å². The van der Waals surface area contributed by atoms with Crippen LogP contribution in [0, 0.1) is 5.92 Å². The summed E-state index contributed by atoms with van der Waals surface area (Å²) in [5, 5.41) is 12.3. The van der Waals surface area contributed by atoms with E-state index in [1.54, 1.807) is 0 Å². The van der Waals surface area contributed by atoms with Crippen molar-refractivity contribution in [2.24, 2.45) is 5.92 Å². The normalized spacial score (nSPS) is 23.5. The summed E-state index contributed by atoms with van der Waals surface area (Å²) in [7, 11) is 3.82. The second kappa shape index (κ2) is 8.18. The van der Waals surface area contributed by atoms with Crippen molar-refractivity contribution in [1.29, 1.82) is 0 Å². The highest BCUT2D eigenvalue weighted by atomic mass is 16.4. The topological polar surface area (TPSA) is 72.9 Å². The molecular formula is C20H29N3O3. The Morgan fingerprint density at radius 3 is 2.38 bits per heavy atom. The molecule has 6 nitrogen and oxygen atoms in total. The average molecular weight is 359 g/mol. The highest BCUT2D eigenvalue weighted by Crippen LogP contribution is 2.34. The number of likely N-dealkylation sites (N-methyl/N-ethyl adjacent to an activating group) is 1. The largest absolute Gasteiger partial charge is 0.480 e. The van der Waals surface area contributed by atoms with Crippen molar-refractivity contribution in [1.82, 2.24) is 15.1 Å². The van der Waals surface area contributed by atoms with Gasteiger partial charge in [-0.05, 0) is 51.3 Å². The predicted octanol–water partition coefficient (Wildman–Crippen LogP) is 1.73. The van der Waals surface area contributed by atoms with E-state index in [4.69, 9.17) is 5.11 Å². The van der Waals surface area contributed by atoms with Crippen molar-refractivity contribution in [3.05, 3.63) is 35.9 Å². The first-order chi connectivity index (χ1) is 12.4. The third-order valence-corrected chi connectivity index (χ3v) is 5.38. The minimum atomic E-state index is -0.769. The molecule has 1 amide bonds. The first kappa shape index (κ1) is 18.9. The van der Waals surface area contributed by atoms with E-state index in [1.165, 1.54) is 12.8 Å². The molecule has 0 aromatic heterocycles. The Hall–Kier alpha value is -1.92. The van der Waals surface area contributed by atoms with Crippen LogP contribution >= 0.6 is 0 Å². The van der Waals surface area contributed by atoms with E-state index in [1.807, 2.05) is 49.3 Å². The van der Waals surface area contributed by atoms with Crippen LogP contribution in [0.1, 0.15) is 37.3 Å². The monoisotopic (exact) mass is 359 g/mol. The number of carbonyl (C=O) groups is 2. The maximum Gasteiger partial charge on any atom is 0.317 e. The summed E-state index contributed by atoms with van der Waals surface area (Å²) in [5.41, 5.74) is 0.979. The van der Waals surface area contributed by atoms with Crippen LogP contribution in [0.25, 0.3) is 0 Å². The van der Waals surface area contributed by atoms with E-state index in [2.05, 4.69) is 10.2 Å². The fourth-order valence-electron chi connectivity index (χ4n) is 3.75. The van der Waals surface area contributed by atoms with Gasteiger partial charge in [-0.2, -0.15) is 0 Å². The number of nitrogens with one attached hydrogen (secondary N) is 1. The minimum absolute atomic E-state index is 0.0108. The van der Waals surface area contributed by atoms with E-state index in [0.717, 1.165) is 24.9 Å². The molecule has 2 N–H and O–H groups in total. The molecule has 0 spiro atoms. The summed E-state index contributed by atoms with van der Waals surface area (Å²) < 4.78 is 0. The Balaban J connectivity index is 1.53. The molecule has 0 radical (unpaired) electrons. The molecular weight excluding hydrogens is 330 g/mol. The number of carboxylic acids is 1. The molecule has 0 saturated heterocycles. The zero-order valence-electron chi connectivity index (χ0n) is 15.6. The van der Waals surface area contributed by atoms with Gasteiger partial charge in [0.2, 0.25) is 5.91 Å². The average Bonchev–Trinajstić information content (AvgIpc) is 3.34. The van der Waals surface area contributed by atoms with E-state index in [9.17, 15) is 9.59 Å². The van der Waals surface area contributed by atoms with Gasteiger partial charge in [-0.1, -0.05) is 30.3 Å². The Morgan fingerprint density at radius 1 is 1.19 bits per heavy atom. The molecule has 0 aliphatic heterocycles. The smallest absolute Gasteiger partial charge is 0.317 e. The summed E-state index contributed by atoms with van der Waals surface area (Å²) in [4.78, 5) is 27.9. The van der Waals surface area contributed by atoms with Crippen LogP contribution < -0.4 is 5.32 Å². The van der Waals surface area contributed by atoms with Gasteiger partial charge in [0, 0.05) is 18.6 Å². The molecule has 0 unspecified atom stereocenters. The number of hydrogen-bond donors (Lipinski definition) is 2. The van der Waals surface area contributed by atoms with Crippen LogP contribution in [0.15, 0.2) is 30.3 Å². The number of hydrogen-bond acceptors (Lipinski definition) is 4. The second-order valence-electron chi connectivity index (χ2n) is 7.87. The molecule has 0 heterocycles. The van der Waals surface area contributed by atoms with E-state index < -0.39 is 5.97 Å². The summed E-state index contributed by atoms with van der Waals surface area (Å²) in [5.74, 6) is -0.0919. The Morgan fingerprint density at radius 2 is 1.85 bits per heavy atom. The molecule has 26 heavy (non-hydrogen) atoms. The van der Waals surface area contributed by atoms with Crippen molar-refractivity contribution in [3.8, 4) is 0 Å². The van der Waals surface area contributed by atoms with Crippen LogP contribution in [0.4, 0.5) is 0 Å². The van der Waals surface area contributed by atoms with Gasteiger partial charge in [0.05, 0.1) is 6.54 Å². The standard InChI is InChI=1S/C20H29N3O3/c1-22(2)19(15-6-4-3-5-7-15)20(26)21-16-10-17(11-16)23(13-18(24)25)12-14-8-9-14/h3-7,14,16-17,19H,8-13H2,1-2H3,(H,21,26)(H,24,25)/t16?,17?,19-/m0/s1. The van der Waals surface area contributed by atoms with Crippen LogP contribution in [0.5, 0.6) is 0 Å². The number of carboxylic acid groups (broad SMARTS) is 1. The maximum absolute atomic E-state index is 12.8. The lowest BCUT2D eigenvalue weighted by Crippen LogP contribution is -2.56. The zero-order valence-corrected chi connectivity index (χ0v) is 15.6. The molecule has 2 aliphatic rings. The van der Waals surface area contributed by atoms with Crippen molar-refractivity contribution in [2.45, 2.75) is 43.8 Å². The van der Waals surface area contributed by atoms with Crippen LogP contribution in [0.2, 0.25) is 0 Å². The van der Waals surface area contributed by atoms with Gasteiger partial charge in [-0.25, -0.2) is 0 Å². The number of rotatable bonds is 9. The van der Waals surface area contributed by atoms with Gasteiger partial charge in [0.25, 0.3) is 0 Å². The summed E-state index contributed by atoms with van der Waals surface area (Å²) >= 11 is 0. The van der Waals surface area contributed by atoms with Gasteiger partial charge in [-0.15, -0.1) is 0 Å². The third kappa shape index (κ3) is 4.83. The van der Waals surface area contributed by atoms with Gasteiger partial charge in [-0.3, -0.25) is 19.4 Å². The van der Waals surface area contributed by atoms with Gasteiger partial charge in [0.1, 0.15) is 6.04 Å². The molecule has 2 aliphatic carbocycles. The Bertz CT molecular complexity index is 624. The zero-order chi connectivity index (χ0) is 18.7. The van der Waals surface area contributed by atoms with Crippen LogP contribution in [0.3, 0.4) is 0 Å². The number of aliphatic carboxylic acids is 1. The highest BCUT2D eigenvalue weighted by Gasteiger charge is 2.38. The lowest BCUT2D eigenvalue weighted by molar-refractivity contribution is -0.140. The second-order valence-corrected chi connectivity index (χ2v) is 7.87. The fourth-order valence-corrected chi connectivity index (χ4v) is 3.75. The third-order valence-electron chi connectivity index (χ3n) is 5.38. The lowest BCUT2D eigenvalue weighted by Gasteiger charge is -2.43. The summed E-state index contributed by atoms with van der Waals surface area (Å²) in [6.45, 7) is 0.980. The highest BCUT2D eigenvalue weighted by molar-refractivity contribution is 5.83. The number of amides is 1. The van der Waals surface area contributed by atoms with Crippen molar-refractivity contribution in [2.75, 3.05) is 27.2 Å². The van der Waals surface area contributed by atoms with Gasteiger partial charge >= 0.3 is 5.97 Å². The van der Waals surface area contributed by atoms with E-state index >= 15 is 0 Å². The summed E-state index contributed by atoms with van der Waals surface area (Å²) in [6.07, 6.45) is 4.09. The molecule has 1 atom stereocenters. The number of benzene rings is 1. The van der Waals surface area contributed by atoms with Crippen molar-refractivity contribution >= 4 is 11.9 Å². The van der Waals surface area contributed by atoms with Crippen molar-refractivity contribution < 1.29 is 14.7 Å². The quantitative estimate of drug-likeness (QED) is 0.703. The molecule has 142 valence electrons. The SMILES string of the molecule is CN(C)[C@H](C(=O)NC1CC(N(CC(=O)O)CC2CC2)C1)c1ccccc1. The minimum Gasteiger partial charge on any atom is -0.480 e. The van der Waals surface area contributed by atoms with Crippen LogP contribution in [-0.4, -0.2) is 66.1 Å². The lowest BCUT2D eigenvalue weighted by atomic mass is 9.84. The molecule has 2 fully saturated rings. The molecule has 2 saturated carbocycles. The first-order valence-electron chi connectivity index (χ1n) is 9.41. The van der Waals surface area contributed by atoms with Gasteiger partial charge < -0.3 is 10.4 Å². The predicted molar refractivity (Wildman–Crippen MR) is 99.8 cm³/mol. The number of carbonyl (C=O) groups excluding carboxylic acids is 1. The molecule has 1 aromatic rings. The van der Waals surface area contributed by atoms with E-state index in [-0.39, 0.29) is 30.6 Å². The van der Waals surface area contributed by atoms with Gasteiger partial charge in [0.15, 0.2) is 0 Å². The molecule has 6 heteroatoms. The number of nitrogens with zero attached hydrogens (tertiary/aromatic N) is 2. The van der Waals surface area contributed by atoms with Crippen LogP contribution in [-0.2, 0) is 9.59 Å². The van der Waals surface area contributed by atoms with Crippen molar-refractivity contribution in [3.63, 3.8) is 0 Å². The maximum atomic E-state index is 12.8. The summed E-state index contributed by atoms with van der Waals surface area (Å²) in [6, 6.07) is 9.87. The molecule has 1 aromatic carbocycles. The first-order valence-corrected chi connectivity index (χ1v) is 9.41. The Kier molecular flexibility index (Phi) is 5.94. The fraction of sp³-hybridized carbons (Fsp3) is 0.600.